The molecule has 0 aliphatic heterocycles. The third-order valence-corrected chi connectivity index (χ3v) is 2.44. The molecule has 1 heterocycles. The fraction of sp³-hybridized carbons (Fsp3) is 0. The predicted octanol–water partition coefficient (Wildman–Crippen LogP) is 1.38. The van der Waals surface area contributed by atoms with Crippen LogP contribution < -0.4 is 10.9 Å². The van der Waals surface area contributed by atoms with E-state index in [2.05, 4.69) is 15.5 Å². The quantitative estimate of drug-likeness (QED) is 0.764. The summed E-state index contributed by atoms with van der Waals surface area (Å²) in [6.45, 7) is 0. The Morgan fingerprint density at radius 3 is 2.72 bits per heavy atom. The summed E-state index contributed by atoms with van der Waals surface area (Å²) in [6, 6.07) is 6.79. The van der Waals surface area contributed by atoms with Crippen molar-refractivity contribution in [2.75, 3.05) is 5.32 Å². The largest absolute Gasteiger partial charge is 0.506 e. The standard InChI is InChI=1S/C11H8ClN3O3/c12-7-2-1-6(5-9(7)16)13-11(18)8-3-4-10(17)15-14-8/h1-5,16H,(H,13,18)(H,15,17). The summed E-state index contributed by atoms with van der Waals surface area (Å²) >= 11 is 5.64. The summed E-state index contributed by atoms with van der Waals surface area (Å²) in [4.78, 5) is 22.5. The van der Waals surface area contributed by atoms with Crippen LogP contribution in [0.4, 0.5) is 5.69 Å². The van der Waals surface area contributed by atoms with Crippen LogP contribution in [-0.2, 0) is 0 Å². The number of halogens is 1. The molecule has 0 spiro atoms. The molecule has 7 heteroatoms. The van der Waals surface area contributed by atoms with Crippen LogP contribution in [-0.4, -0.2) is 21.2 Å². The van der Waals surface area contributed by atoms with Crippen molar-refractivity contribution < 1.29 is 9.90 Å². The molecular formula is C11H8ClN3O3. The number of H-pyrrole nitrogens is 1. The van der Waals surface area contributed by atoms with Crippen molar-refractivity contribution in [3.05, 3.63) is 51.4 Å². The highest BCUT2D eigenvalue weighted by molar-refractivity contribution is 6.32. The van der Waals surface area contributed by atoms with Gasteiger partial charge in [0.15, 0.2) is 0 Å². The number of nitrogens with one attached hydrogen (secondary N) is 2. The summed E-state index contributed by atoms with van der Waals surface area (Å²) in [5.74, 6) is -0.642. The third kappa shape index (κ3) is 2.67. The number of amides is 1. The van der Waals surface area contributed by atoms with Crippen LogP contribution in [0.5, 0.6) is 5.75 Å². The average molecular weight is 266 g/mol. The predicted molar refractivity (Wildman–Crippen MR) is 65.9 cm³/mol. The summed E-state index contributed by atoms with van der Waals surface area (Å²) in [5, 5.41) is 17.8. The van der Waals surface area contributed by atoms with Crippen LogP contribution in [0.25, 0.3) is 0 Å². The Labute approximate surface area is 106 Å². The molecule has 0 aliphatic carbocycles. The summed E-state index contributed by atoms with van der Waals surface area (Å²) in [7, 11) is 0. The Morgan fingerprint density at radius 2 is 2.11 bits per heavy atom. The maximum Gasteiger partial charge on any atom is 0.276 e. The van der Waals surface area contributed by atoms with Gasteiger partial charge >= 0.3 is 0 Å². The van der Waals surface area contributed by atoms with E-state index in [0.717, 1.165) is 0 Å². The number of carbonyl (C=O) groups is 1. The van der Waals surface area contributed by atoms with Gasteiger partial charge in [-0.1, -0.05) is 11.6 Å². The molecule has 2 aromatic rings. The first kappa shape index (κ1) is 12.1. The molecule has 0 fully saturated rings. The highest BCUT2D eigenvalue weighted by atomic mass is 35.5. The molecule has 0 aliphatic rings. The normalized spacial score (nSPS) is 10.1. The minimum absolute atomic E-state index is 0.0593. The van der Waals surface area contributed by atoms with E-state index in [1.54, 1.807) is 0 Å². The van der Waals surface area contributed by atoms with Gasteiger partial charge in [-0.05, 0) is 18.2 Å². The molecule has 6 nitrogen and oxygen atoms in total. The molecule has 1 aromatic carbocycles. The van der Waals surface area contributed by atoms with Gasteiger partial charge in [-0.25, -0.2) is 5.10 Å². The lowest BCUT2D eigenvalue weighted by molar-refractivity contribution is 0.102. The van der Waals surface area contributed by atoms with Crippen molar-refractivity contribution >= 4 is 23.2 Å². The molecule has 0 saturated heterocycles. The maximum atomic E-state index is 11.7. The van der Waals surface area contributed by atoms with Crippen LogP contribution >= 0.6 is 11.6 Å². The topological polar surface area (TPSA) is 95.1 Å². The zero-order valence-corrected chi connectivity index (χ0v) is 9.73. The lowest BCUT2D eigenvalue weighted by atomic mass is 10.3. The number of rotatable bonds is 2. The lowest BCUT2D eigenvalue weighted by Crippen LogP contribution is -2.17. The SMILES string of the molecule is O=C(Nc1ccc(Cl)c(O)c1)c1ccc(=O)[nH]n1. The molecule has 0 bridgehead atoms. The number of aromatic hydroxyl groups is 1. The van der Waals surface area contributed by atoms with E-state index < -0.39 is 11.5 Å². The molecule has 3 N–H and O–H groups in total. The van der Waals surface area contributed by atoms with Crippen molar-refractivity contribution in [3.8, 4) is 5.75 Å². The van der Waals surface area contributed by atoms with Crippen LogP contribution in [0.3, 0.4) is 0 Å². The van der Waals surface area contributed by atoms with Crippen molar-refractivity contribution in [3.63, 3.8) is 0 Å². The summed E-state index contributed by atoms with van der Waals surface area (Å²) < 4.78 is 0. The van der Waals surface area contributed by atoms with Crippen LogP contribution in [0.1, 0.15) is 10.5 Å². The molecule has 1 amide bonds. The number of phenolic OH excluding ortho intramolecular Hbond substituents is 1. The van der Waals surface area contributed by atoms with Gasteiger partial charge < -0.3 is 10.4 Å². The number of anilines is 1. The fourth-order valence-corrected chi connectivity index (χ4v) is 1.37. The van der Waals surface area contributed by atoms with Gasteiger partial charge in [0, 0.05) is 17.8 Å². The maximum absolute atomic E-state index is 11.7. The van der Waals surface area contributed by atoms with Gasteiger partial charge in [-0.3, -0.25) is 9.59 Å². The van der Waals surface area contributed by atoms with Crippen LogP contribution in [0, 0.1) is 0 Å². The second-order valence-electron chi connectivity index (χ2n) is 3.43. The van der Waals surface area contributed by atoms with E-state index in [1.165, 1.54) is 30.3 Å². The minimum Gasteiger partial charge on any atom is -0.506 e. The molecule has 18 heavy (non-hydrogen) atoms. The van der Waals surface area contributed by atoms with E-state index in [-0.39, 0.29) is 16.5 Å². The van der Waals surface area contributed by atoms with Gasteiger partial charge in [0.2, 0.25) is 0 Å². The Balaban J connectivity index is 2.18. The number of aromatic amines is 1. The Morgan fingerprint density at radius 1 is 1.33 bits per heavy atom. The molecule has 0 atom stereocenters. The van der Waals surface area contributed by atoms with E-state index in [9.17, 15) is 14.7 Å². The van der Waals surface area contributed by atoms with Crippen molar-refractivity contribution in [2.45, 2.75) is 0 Å². The van der Waals surface area contributed by atoms with Gasteiger partial charge in [0.1, 0.15) is 11.4 Å². The minimum atomic E-state index is -0.507. The first-order chi connectivity index (χ1) is 8.56. The van der Waals surface area contributed by atoms with Crippen LogP contribution in [0.2, 0.25) is 5.02 Å². The van der Waals surface area contributed by atoms with E-state index >= 15 is 0 Å². The molecule has 1 aromatic heterocycles. The molecule has 0 radical (unpaired) electrons. The molecule has 92 valence electrons. The Hall–Kier alpha value is -2.34. The monoisotopic (exact) mass is 265 g/mol. The highest BCUT2D eigenvalue weighted by Gasteiger charge is 2.08. The first-order valence-electron chi connectivity index (χ1n) is 4.92. The number of hydrogen-bond donors (Lipinski definition) is 3. The van der Waals surface area contributed by atoms with Crippen LogP contribution in [0.15, 0.2) is 35.1 Å². The zero-order valence-electron chi connectivity index (χ0n) is 8.98. The number of nitrogens with zero attached hydrogens (tertiary/aromatic N) is 1. The average Bonchev–Trinajstić information content (AvgIpc) is 2.34. The number of benzene rings is 1. The van der Waals surface area contributed by atoms with E-state index in [4.69, 9.17) is 11.6 Å². The highest BCUT2D eigenvalue weighted by Crippen LogP contribution is 2.26. The van der Waals surface area contributed by atoms with Crippen molar-refractivity contribution in [1.82, 2.24) is 10.2 Å². The number of hydrogen-bond acceptors (Lipinski definition) is 4. The second-order valence-corrected chi connectivity index (χ2v) is 3.83. The first-order valence-corrected chi connectivity index (χ1v) is 5.29. The molecule has 2 rings (SSSR count). The van der Waals surface area contributed by atoms with Gasteiger partial charge in [-0.2, -0.15) is 5.10 Å². The fourth-order valence-electron chi connectivity index (χ4n) is 1.26. The van der Waals surface area contributed by atoms with Crippen molar-refractivity contribution in [1.29, 1.82) is 0 Å². The third-order valence-electron chi connectivity index (χ3n) is 2.12. The molecular weight excluding hydrogens is 258 g/mol. The van der Waals surface area contributed by atoms with Gasteiger partial charge in [0.05, 0.1) is 5.02 Å². The number of aromatic nitrogens is 2. The molecule has 0 unspecified atom stereocenters. The molecule has 0 saturated carbocycles. The Bertz CT molecular complexity index is 634. The number of carbonyl (C=O) groups excluding carboxylic acids is 1. The van der Waals surface area contributed by atoms with E-state index in [1.807, 2.05) is 0 Å². The summed E-state index contributed by atoms with van der Waals surface area (Å²) in [5.41, 5.74) is 0.0367. The second kappa shape index (κ2) is 4.89. The smallest absolute Gasteiger partial charge is 0.276 e. The summed E-state index contributed by atoms with van der Waals surface area (Å²) in [6.07, 6.45) is 0. The number of phenols is 1. The van der Waals surface area contributed by atoms with Gasteiger partial charge in [0.25, 0.3) is 11.5 Å². The Kier molecular flexibility index (Phi) is 3.29. The lowest BCUT2D eigenvalue weighted by Gasteiger charge is -2.05. The van der Waals surface area contributed by atoms with E-state index in [0.29, 0.717) is 5.69 Å². The van der Waals surface area contributed by atoms with Gasteiger partial charge in [-0.15, -0.1) is 0 Å². The zero-order chi connectivity index (χ0) is 13.1. The van der Waals surface area contributed by atoms with Crippen molar-refractivity contribution in [2.24, 2.45) is 0 Å².